The Morgan fingerprint density at radius 1 is 1.14 bits per heavy atom. The van der Waals surface area contributed by atoms with Gasteiger partial charge in [-0.05, 0) is 60.5 Å². The van der Waals surface area contributed by atoms with Gasteiger partial charge in [-0.15, -0.1) is 0 Å². The molecule has 110 valence electrons. The third kappa shape index (κ3) is 3.35. The first-order valence-corrected chi connectivity index (χ1v) is 7.78. The Bertz CT molecular complexity index is 633. The molecule has 3 heteroatoms. The molecule has 2 aromatic rings. The maximum Gasteiger partial charge on any atom is 0.173 e. The summed E-state index contributed by atoms with van der Waals surface area (Å²) in [6, 6.07) is 15.3. The second kappa shape index (κ2) is 6.44. The van der Waals surface area contributed by atoms with E-state index in [1.54, 1.807) is 0 Å². The first-order valence-electron chi connectivity index (χ1n) is 6.99. The average molecular weight is 347 g/mol. The van der Waals surface area contributed by atoms with Crippen molar-refractivity contribution >= 4 is 21.7 Å². The number of hydrogen-bond acceptors (Lipinski definition) is 2. The van der Waals surface area contributed by atoms with Crippen LogP contribution in [0.4, 0.5) is 0 Å². The SMILES string of the molecule is CCOc1ccc(C(=O)C(C)(C)c2ccccc2)c(Br)c1. The van der Waals surface area contributed by atoms with Crippen LogP contribution in [0.1, 0.15) is 36.7 Å². The maximum atomic E-state index is 12.9. The standard InChI is InChI=1S/C18H19BrO2/c1-4-21-14-10-11-15(16(19)12-14)17(20)18(2,3)13-8-6-5-7-9-13/h5-12H,4H2,1-3H3. The highest BCUT2D eigenvalue weighted by Crippen LogP contribution is 2.32. The van der Waals surface area contributed by atoms with Crippen LogP contribution in [0, 0.1) is 0 Å². The minimum absolute atomic E-state index is 0.0867. The maximum absolute atomic E-state index is 12.9. The van der Waals surface area contributed by atoms with E-state index in [-0.39, 0.29) is 5.78 Å². The Hall–Kier alpha value is -1.61. The smallest absolute Gasteiger partial charge is 0.173 e. The molecule has 0 aliphatic rings. The van der Waals surface area contributed by atoms with Crippen molar-refractivity contribution in [2.45, 2.75) is 26.2 Å². The molecule has 0 spiro atoms. The quantitative estimate of drug-likeness (QED) is 0.711. The van der Waals surface area contributed by atoms with Crippen molar-refractivity contribution in [2.24, 2.45) is 0 Å². The van der Waals surface area contributed by atoms with Gasteiger partial charge in [0.05, 0.1) is 12.0 Å². The predicted octanol–water partition coefficient (Wildman–Crippen LogP) is 5.01. The van der Waals surface area contributed by atoms with Gasteiger partial charge in [-0.25, -0.2) is 0 Å². The highest BCUT2D eigenvalue weighted by atomic mass is 79.9. The largest absolute Gasteiger partial charge is 0.494 e. The van der Waals surface area contributed by atoms with Crippen LogP contribution in [0.25, 0.3) is 0 Å². The molecular weight excluding hydrogens is 328 g/mol. The Labute approximate surface area is 134 Å². The van der Waals surface area contributed by atoms with E-state index in [1.165, 1.54) is 0 Å². The van der Waals surface area contributed by atoms with Crippen LogP contribution in [-0.4, -0.2) is 12.4 Å². The second-order valence-electron chi connectivity index (χ2n) is 5.39. The minimum atomic E-state index is -0.573. The zero-order valence-electron chi connectivity index (χ0n) is 12.5. The van der Waals surface area contributed by atoms with Crippen molar-refractivity contribution in [3.63, 3.8) is 0 Å². The number of carbonyl (C=O) groups excluding carboxylic acids is 1. The van der Waals surface area contributed by atoms with Crippen molar-refractivity contribution in [3.8, 4) is 5.75 Å². The first-order chi connectivity index (χ1) is 9.96. The minimum Gasteiger partial charge on any atom is -0.494 e. The lowest BCUT2D eigenvalue weighted by molar-refractivity contribution is 0.0908. The number of benzene rings is 2. The summed E-state index contributed by atoms with van der Waals surface area (Å²) in [5, 5.41) is 0. The van der Waals surface area contributed by atoms with E-state index in [1.807, 2.05) is 69.3 Å². The van der Waals surface area contributed by atoms with Gasteiger partial charge in [0.25, 0.3) is 0 Å². The van der Waals surface area contributed by atoms with Crippen molar-refractivity contribution in [1.29, 1.82) is 0 Å². The van der Waals surface area contributed by atoms with E-state index in [9.17, 15) is 4.79 Å². The molecule has 0 N–H and O–H groups in total. The van der Waals surface area contributed by atoms with E-state index in [4.69, 9.17) is 4.74 Å². The summed E-state index contributed by atoms with van der Waals surface area (Å²) in [4.78, 5) is 12.9. The zero-order valence-corrected chi connectivity index (χ0v) is 14.1. The van der Waals surface area contributed by atoms with Crippen LogP contribution >= 0.6 is 15.9 Å². The number of halogens is 1. The Balaban J connectivity index is 2.36. The van der Waals surface area contributed by atoms with E-state index >= 15 is 0 Å². The monoisotopic (exact) mass is 346 g/mol. The normalized spacial score (nSPS) is 11.2. The topological polar surface area (TPSA) is 26.3 Å². The Morgan fingerprint density at radius 3 is 2.38 bits per heavy atom. The molecule has 2 nitrogen and oxygen atoms in total. The highest BCUT2D eigenvalue weighted by Gasteiger charge is 2.31. The van der Waals surface area contributed by atoms with Gasteiger partial charge in [-0.1, -0.05) is 30.3 Å². The molecule has 0 bridgehead atoms. The van der Waals surface area contributed by atoms with Crippen LogP contribution in [-0.2, 0) is 5.41 Å². The van der Waals surface area contributed by atoms with Crippen LogP contribution in [0.5, 0.6) is 5.75 Å². The summed E-state index contributed by atoms with van der Waals surface area (Å²) in [5.41, 5.74) is 1.11. The molecule has 0 aliphatic carbocycles. The third-order valence-corrected chi connectivity index (χ3v) is 4.22. The fraction of sp³-hybridized carbons (Fsp3) is 0.278. The summed E-state index contributed by atoms with van der Waals surface area (Å²) < 4.78 is 6.22. The Kier molecular flexibility index (Phi) is 4.84. The van der Waals surface area contributed by atoms with E-state index < -0.39 is 5.41 Å². The molecule has 2 rings (SSSR count). The van der Waals surface area contributed by atoms with Gasteiger partial charge < -0.3 is 4.74 Å². The molecule has 0 radical (unpaired) electrons. The van der Waals surface area contributed by atoms with Crippen molar-refractivity contribution in [3.05, 3.63) is 64.1 Å². The van der Waals surface area contributed by atoms with E-state index in [0.29, 0.717) is 12.2 Å². The van der Waals surface area contributed by atoms with Crippen LogP contribution in [0.15, 0.2) is 53.0 Å². The summed E-state index contributed by atoms with van der Waals surface area (Å²) in [6.07, 6.45) is 0. The lowest BCUT2D eigenvalue weighted by atomic mass is 9.78. The van der Waals surface area contributed by atoms with Gasteiger partial charge in [0.15, 0.2) is 5.78 Å². The molecule has 0 atom stereocenters. The molecule has 2 aromatic carbocycles. The molecular formula is C18H19BrO2. The summed E-state index contributed by atoms with van der Waals surface area (Å²) >= 11 is 3.48. The zero-order chi connectivity index (χ0) is 15.5. The molecule has 0 aromatic heterocycles. The molecule has 0 saturated heterocycles. The van der Waals surface area contributed by atoms with E-state index in [0.717, 1.165) is 15.8 Å². The predicted molar refractivity (Wildman–Crippen MR) is 89.1 cm³/mol. The third-order valence-electron chi connectivity index (χ3n) is 3.56. The molecule has 0 heterocycles. The van der Waals surface area contributed by atoms with E-state index in [2.05, 4.69) is 15.9 Å². The van der Waals surface area contributed by atoms with Gasteiger partial charge >= 0.3 is 0 Å². The average Bonchev–Trinajstić information content (AvgIpc) is 2.48. The van der Waals surface area contributed by atoms with Gasteiger partial charge in [-0.3, -0.25) is 4.79 Å². The molecule has 0 fully saturated rings. The van der Waals surface area contributed by atoms with Crippen molar-refractivity contribution in [1.82, 2.24) is 0 Å². The molecule has 0 aliphatic heterocycles. The second-order valence-corrected chi connectivity index (χ2v) is 6.25. The number of Topliss-reactive ketones (excluding diaryl/α,β-unsaturated/α-hetero) is 1. The van der Waals surface area contributed by atoms with Crippen LogP contribution in [0.2, 0.25) is 0 Å². The fourth-order valence-corrected chi connectivity index (χ4v) is 2.80. The number of hydrogen-bond donors (Lipinski definition) is 0. The number of ether oxygens (including phenoxy) is 1. The summed E-state index contributed by atoms with van der Waals surface area (Å²) in [6.45, 7) is 6.45. The van der Waals surface area contributed by atoms with Gasteiger partial charge in [-0.2, -0.15) is 0 Å². The summed E-state index contributed by atoms with van der Waals surface area (Å²) in [7, 11) is 0. The number of carbonyl (C=O) groups is 1. The van der Waals surface area contributed by atoms with Crippen molar-refractivity contribution < 1.29 is 9.53 Å². The van der Waals surface area contributed by atoms with Gasteiger partial charge in [0.2, 0.25) is 0 Å². The first kappa shape index (κ1) is 15.8. The van der Waals surface area contributed by atoms with Crippen LogP contribution in [0.3, 0.4) is 0 Å². The number of ketones is 1. The lowest BCUT2D eigenvalue weighted by Gasteiger charge is -2.24. The molecule has 21 heavy (non-hydrogen) atoms. The number of rotatable bonds is 5. The molecule has 0 saturated carbocycles. The molecule has 0 amide bonds. The van der Waals surface area contributed by atoms with Crippen LogP contribution < -0.4 is 4.74 Å². The van der Waals surface area contributed by atoms with Gasteiger partial charge in [0, 0.05) is 10.0 Å². The van der Waals surface area contributed by atoms with Crippen molar-refractivity contribution in [2.75, 3.05) is 6.61 Å². The molecule has 0 unspecified atom stereocenters. The fourth-order valence-electron chi connectivity index (χ4n) is 2.26. The summed E-state index contributed by atoms with van der Waals surface area (Å²) in [5.74, 6) is 0.849. The lowest BCUT2D eigenvalue weighted by Crippen LogP contribution is -2.29. The Morgan fingerprint density at radius 2 is 1.81 bits per heavy atom. The van der Waals surface area contributed by atoms with Gasteiger partial charge in [0.1, 0.15) is 5.75 Å². The highest BCUT2D eigenvalue weighted by molar-refractivity contribution is 9.10.